The van der Waals surface area contributed by atoms with Crippen molar-refractivity contribution in [1.82, 2.24) is 4.90 Å². The highest BCUT2D eigenvalue weighted by atomic mass is 16.3. The second-order valence-electron chi connectivity index (χ2n) is 5.09. The first-order valence-corrected chi connectivity index (χ1v) is 6.68. The summed E-state index contributed by atoms with van der Waals surface area (Å²) in [5.41, 5.74) is 1.99. The molecule has 1 saturated heterocycles. The van der Waals surface area contributed by atoms with Crippen LogP contribution in [0, 0.1) is 5.92 Å². The summed E-state index contributed by atoms with van der Waals surface area (Å²) in [4.78, 5) is 14.1. The van der Waals surface area contributed by atoms with Gasteiger partial charge >= 0.3 is 0 Å². The van der Waals surface area contributed by atoms with E-state index in [1.54, 1.807) is 6.92 Å². The summed E-state index contributed by atoms with van der Waals surface area (Å²) < 4.78 is 0. The van der Waals surface area contributed by atoms with Crippen molar-refractivity contribution >= 4 is 5.91 Å². The number of aliphatic hydroxyl groups is 1. The number of carbonyl (C=O) groups is 1. The van der Waals surface area contributed by atoms with Crippen LogP contribution in [-0.4, -0.2) is 35.1 Å². The second-order valence-corrected chi connectivity index (χ2v) is 5.09. The highest BCUT2D eigenvalue weighted by molar-refractivity contribution is 5.94. The third-order valence-electron chi connectivity index (χ3n) is 3.80. The predicted molar refractivity (Wildman–Crippen MR) is 71.5 cm³/mol. The Bertz CT molecular complexity index is 411. The van der Waals surface area contributed by atoms with Crippen LogP contribution in [0.2, 0.25) is 0 Å². The van der Waals surface area contributed by atoms with Gasteiger partial charge in [0.15, 0.2) is 0 Å². The monoisotopic (exact) mass is 247 g/mol. The summed E-state index contributed by atoms with van der Waals surface area (Å²) in [5.74, 6) is 0.310. The Labute approximate surface area is 108 Å². The van der Waals surface area contributed by atoms with Gasteiger partial charge in [-0.05, 0) is 37.5 Å². The average molecular weight is 247 g/mol. The molecule has 0 bridgehead atoms. The van der Waals surface area contributed by atoms with Crippen LogP contribution in [0.3, 0.4) is 0 Å². The van der Waals surface area contributed by atoms with Crippen molar-refractivity contribution in [3.8, 4) is 0 Å². The molecule has 3 nitrogen and oxygen atoms in total. The third kappa shape index (κ3) is 2.72. The molecule has 1 aromatic carbocycles. The van der Waals surface area contributed by atoms with E-state index in [0.717, 1.165) is 24.9 Å². The largest absolute Gasteiger partial charge is 0.393 e. The molecule has 0 aromatic heterocycles. The highest BCUT2D eigenvalue weighted by Crippen LogP contribution is 2.21. The van der Waals surface area contributed by atoms with Gasteiger partial charge in [0, 0.05) is 24.6 Å². The van der Waals surface area contributed by atoms with Gasteiger partial charge in [-0.3, -0.25) is 4.79 Å². The Morgan fingerprint density at radius 3 is 2.61 bits per heavy atom. The van der Waals surface area contributed by atoms with Crippen molar-refractivity contribution in [1.29, 1.82) is 0 Å². The lowest BCUT2D eigenvalue weighted by Gasteiger charge is -2.17. The van der Waals surface area contributed by atoms with Gasteiger partial charge in [-0.15, -0.1) is 0 Å². The molecule has 1 N–H and O–H groups in total. The zero-order valence-corrected chi connectivity index (χ0v) is 11.1. The lowest BCUT2D eigenvalue weighted by atomic mass is 10.0. The number of benzene rings is 1. The van der Waals surface area contributed by atoms with Crippen molar-refractivity contribution in [2.45, 2.75) is 32.8 Å². The van der Waals surface area contributed by atoms with Gasteiger partial charge in [-0.25, -0.2) is 0 Å². The van der Waals surface area contributed by atoms with E-state index in [4.69, 9.17) is 0 Å². The third-order valence-corrected chi connectivity index (χ3v) is 3.80. The maximum absolute atomic E-state index is 12.3. The minimum atomic E-state index is -0.328. The molecule has 0 saturated carbocycles. The van der Waals surface area contributed by atoms with E-state index in [1.165, 1.54) is 5.56 Å². The smallest absolute Gasteiger partial charge is 0.253 e. The minimum Gasteiger partial charge on any atom is -0.393 e. The fourth-order valence-electron chi connectivity index (χ4n) is 2.43. The Morgan fingerprint density at radius 2 is 2.11 bits per heavy atom. The van der Waals surface area contributed by atoms with Gasteiger partial charge in [-0.1, -0.05) is 19.1 Å². The van der Waals surface area contributed by atoms with Crippen molar-refractivity contribution in [2.24, 2.45) is 5.92 Å². The summed E-state index contributed by atoms with van der Waals surface area (Å²) >= 11 is 0. The zero-order chi connectivity index (χ0) is 13.1. The summed E-state index contributed by atoms with van der Waals surface area (Å²) in [6, 6.07) is 7.82. The van der Waals surface area contributed by atoms with E-state index in [-0.39, 0.29) is 17.9 Å². The number of nitrogens with zero attached hydrogens (tertiary/aromatic N) is 1. The van der Waals surface area contributed by atoms with Crippen LogP contribution in [0.1, 0.15) is 36.2 Å². The minimum absolute atomic E-state index is 0.0841. The molecule has 1 aromatic rings. The number of hydrogen-bond acceptors (Lipinski definition) is 2. The first-order valence-electron chi connectivity index (χ1n) is 6.68. The molecular weight excluding hydrogens is 226 g/mol. The van der Waals surface area contributed by atoms with Gasteiger partial charge in [0.25, 0.3) is 5.91 Å². The van der Waals surface area contributed by atoms with Crippen LogP contribution in [0.15, 0.2) is 24.3 Å². The summed E-state index contributed by atoms with van der Waals surface area (Å²) in [7, 11) is 0. The lowest BCUT2D eigenvalue weighted by Crippen LogP contribution is -2.30. The van der Waals surface area contributed by atoms with Crippen LogP contribution in [0.4, 0.5) is 0 Å². The number of carbonyl (C=O) groups excluding carboxylic acids is 1. The Kier molecular flexibility index (Phi) is 4.02. The molecule has 0 spiro atoms. The molecule has 1 amide bonds. The number of aryl methyl sites for hydroxylation is 1. The maximum atomic E-state index is 12.3. The summed E-state index contributed by atoms with van der Waals surface area (Å²) in [6.45, 7) is 5.33. The molecule has 2 rings (SSSR count). The number of aliphatic hydroxyl groups excluding tert-OH is 1. The molecule has 0 radical (unpaired) electrons. The van der Waals surface area contributed by atoms with Crippen molar-refractivity contribution < 1.29 is 9.90 Å². The fraction of sp³-hybridized carbons (Fsp3) is 0.533. The van der Waals surface area contributed by atoms with E-state index < -0.39 is 0 Å². The van der Waals surface area contributed by atoms with Crippen LogP contribution in [0.5, 0.6) is 0 Å². The molecule has 0 aliphatic carbocycles. The second kappa shape index (κ2) is 5.53. The quantitative estimate of drug-likeness (QED) is 0.888. The highest BCUT2D eigenvalue weighted by Gasteiger charge is 2.29. The maximum Gasteiger partial charge on any atom is 0.253 e. The van der Waals surface area contributed by atoms with E-state index in [0.29, 0.717) is 6.54 Å². The Balaban J connectivity index is 2.03. The van der Waals surface area contributed by atoms with E-state index in [9.17, 15) is 9.90 Å². The zero-order valence-electron chi connectivity index (χ0n) is 11.1. The standard InChI is InChI=1S/C15H21NO2/c1-3-12-4-6-13(7-5-12)15(18)16-9-8-14(10-16)11(2)17/h4-7,11,14,17H,3,8-10H2,1-2H3. The van der Waals surface area contributed by atoms with Crippen LogP contribution < -0.4 is 0 Å². The van der Waals surface area contributed by atoms with Gasteiger partial charge in [-0.2, -0.15) is 0 Å². The Hall–Kier alpha value is -1.35. The van der Waals surface area contributed by atoms with Gasteiger partial charge in [0.05, 0.1) is 6.10 Å². The fourth-order valence-corrected chi connectivity index (χ4v) is 2.43. The molecular formula is C15H21NO2. The van der Waals surface area contributed by atoms with Crippen LogP contribution in [0.25, 0.3) is 0 Å². The van der Waals surface area contributed by atoms with Crippen LogP contribution in [-0.2, 0) is 6.42 Å². The van der Waals surface area contributed by atoms with E-state index >= 15 is 0 Å². The molecule has 3 heteroatoms. The predicted octanol–water partition coefficient (Wildman–Crippen LogP) is 2.09. The molecule has 98 valence electrons. The SMILES string of the molecule is CCc1ccc(C(=O)N2CCC(C(C)O)C2)cc1. The summed E-state index contributed by atoms with van der Waals surface area (Å²) in [6.07, 6.45) is 1.56. The molecule has 1 aliphatic rings. The molecule has 2 atom stereocenters. The number of hydrogen-bond donors (Lipinski definition) is 1. The number of likely N-dealkylation sites (tertiary alicyclic amines) is 1. The van der Waals surface area contributed by atoms with Gasteiger partial charge in [0.2, 0.25) is 0 Å². The number of rotatable bonds is 3. The molecule has 1 fully saturated rings. The first-order chi connectivity index (χ1) is 8.61. The van der Waals surface area contributed by atoms with Crippen molar-refractivity contribution in [2.75, 3.05) is 13.1 Å². The average Bonchev–Trinajstić information content (AvgIpc) is 2.88. The molecule has 1 aliphatic heterocycles. The van der Waals surface area contributed by atoms with Gasteiger partial charge in [0.1, 0.15) is 0 Å². The van der Waals surface area contributed by atoms with Crippen molar-refractivity contribution in [3.05, 3.63) is 35.4 Å². The summed E-state index contributed by atoms with van der Waals surface area (Å²) in [5, 5.41) is 9.55. The first kappa shape index (κ1) is 13.1. The normalized spacial score (nSPS) is 21.1. The molecule has 18 heavy (non-hydrogen) atoms. The van der Waals surface area contributed by atoms with E-state index in [1.807, 2.05) is 29.2 Å². The van der Waals surface area contributed by atoms with Crippen molar-refractivity contribution in [3.63, 3.8) is 0 Å². The number of amides is 1. The Morgan fingerprint density at radius 1 is 1.44 bits per heavy atom. The van der Waals surface area contributed by atoms with E-state index in [2.05, 4.69) is 6.92 Å². The molecule has 1 heterocycles. The van der Waals surface area contributed by atoms with Crippen LogP contribution >= 0.6 is 0 Å². The topological polar surface area (TPSA) is 40.5 Å². The lowest BCUT2D eigenvalue weighted by molar-refractivity contribution is 0.0762. The molecule has 2 unspecified atom stereocenters. The van der Waals surface area contributed by atoms with Gasteiger partial charge < -0.3 is 10.0 Å².